The van der Waals surface area contributed by atoms with E-state index in [2.05, 4.69) is 28.9 Å². The summed E-state index contributed by atoms with van der Waals surface area (Å²) in [5.41, 5.74) is 0.662. The number of nitro benzene ring substituents is 1. The van der Waals surface area contributed by atoms with Gasteiger partial charge in [-0.15, -0.1) is 10.2 Å². The SMILES string of the molecule is CCN(CC)C(=S)S[C@H](C)c1nnc(-c2ccc([N+](=O)[O-])cc2)o1. The molecule has 0 amide bonds. The Morgan fingerprint density at radius 2 is 1.96 bits per heavy atom. The Morgan fingerprint density at radius 3 is 2.50 bits per heavy atom. The van der Waals surface area contributed by atoms with Gasteiger partial charge in [-0.05, 0) is 32.9 Å². The molecule has 1 atom stereocenters. The van der Waals surface area contributed by atoms with Crippen molar-refractivity contribution in [2.24, 2.45) is 0 Å². The monoisotopic (exact) mass is 366 g/mol. The maximum atomic E-state index is 10.7. The fourth-order valence-corrected chi connectivity index (χ4v) is 3.60. The van der Waals surface area contributed by atoms with Gasteiger partial charge in [0.1, 0.15) is 4.32 Å². The predicted octanol–water partition coefficient (Wildman–Crippen LogP) is 4.07. The zero-order valence-corrected chi connectivity index (χ0v) is 15.3. The van der Waals surface area contributed by atoms with E-state index in [0.29, 0.717) is 17.3 Å². The topological polar surface area (TPSA) is 85.3 Å². The number of thiocarbonyl (C=S) groups is 1. The van der Waals surface area contributed by atoms with Crippen LogP contribution in [0.15, 0.2) is 28.7 Å². The minimum atomic E-state index is -0.449. The molecule has 0 fully saturated rings. The lowest BCUT2D eigenvalue weighted by atomic mass is 10.2. The van der Waals surface area contributed by atoms with Crippen molar-refractivity contribution in [3.63, 3.8) is 0 Å². The molecular weight excluding hydrogens is 348 g/mol. The number of non-ortho nitro benzene ring substituents is 1. The summed E-state index contributed by atoms with van der Waals surface area (Å²) in [6.07, 6.45) is 0. The molecule has 0 radical (unpaired) electrons. The lowest BCUT2D eigenvalue weighted by molar-refractivity contribution is -0.384. The van der Waals surface area contributed by atoms with Crippen LogP contribution in [0.1, 0.15) is 31.9 Å². The average Bonchev–Trinajstić information content (AvgIpc) is 3.06. The smallest absolute Gasteiger partial charge is 0.269 e. The Morgan fingerprint density at radius 1 is 1.33 bits per heavy atom. The number of thioether (sulfide) groups is 1. The van der Waals surface area contributed by atoms with Gasteiger partial charge in [-0.1, -0.05) is 24.0 Å². The van der Waals surface area contributed by atoms with Crippen molar-refractivity contribution in [2.45, 2.75) is 26.0 Å². The van der Waals surface area contributed by atoms with E-state index < -0.39 is 4.92 Å². The van der Waals surface area contributed by atoms with Crippen LogP contribution in [0, 0.1) is 10.1 Å². The third-order valence-corrected chi connectivity index (χ3v) is 4.97. The lowest BCUT2D eigenvalue weighted by Crippen LogP contribution is -2.27. The number of benzene rings is 1. The van der Waals surface area contributed by atoms with Gasteiger partial charge in [-0.2, -0.15) is 0 Å². The molecule has 0 saturated carbocycles. The highest BCUT2D eigenvalue weighted by Crippen LogP contribution is 2.31. The number of rotatable bonds is 6. The molecule has 0 unspecified atom stereocenters. The van der Waals surface area contributed by atoms with Crippen LogP contribution in [0.25, 0.3) is 11.5 Å². The molecule has 0 aliphatic carbocycles. The maximum Gasteiger partial charge on any atom is 0.269 e. The van der Waals surface area contributed by atoms with E-state index in [1.807, 2.05) is 6.92 Å². The minimum Gasteiger partial charge on any atom is -0.419 e. The first-order valence-electron chi connectivity index (χ1n) is 7.50. The molecule has 128 valence electrons. The standard InChI is InChI=1S/C15H18N4O3S2/c1-4-18(5-2)15(23)24-10(3)13-16-17-14(22-13)11-6-8-12(9-7-11)19(20)21/h6-10H,4-5H2,1-3H3/t10-/m1/s1. The van der Waals surface area contributed by atoms with Crippen LogP contribution in [-0.2, 0) is 0 Å². The average molecular weight is 366 g/mol. The molecule has 2 aromatic rings. The second kappa shape index (κ2) is 8.20. The van der Waals surface area contributed by atoms with Gasteiger partial charge in [0, 0.05) is 30.8 Å². The van der Waals surface area contributed by atoms with Crippen LogP contribution in [0.4, 0.5) is 5.69 Å². The molecule has 0 aliphatic heterocycles. The van der Waals surface area contributed by atoms with Crippen molar-refractivity contribution in [3.05, 3.63) is 40.3 Å². The van der Waals surface area contributed by atoms with E-state index in [1.165, 1.54) is 23.9 Å². The van der Waals surface area contributed by atoms with Gasteiger partial charge in [-0.3, -0.25) is 10.1 Å². The molecule has 0 N–H and O–H groups in total. The summed E-state index contributed by atoms with van der Waals surface area (Å²) in [6, 6.07) is 6.00. The number of nitrogens with zero attached hydrogens (tertiary/aromatic N) is 4. The quantitative estimate of drug-likeness (QED) is 0.430. The molecule has 1 aromatic carbocycles. The number of aromatic nitrogens is 2. The van der Waals surface area contributed by atoms with Crippen LogP contribution < -0.4 is 0 Å². The summed E-state index contributed by atoms with van der Waals surface area (Å²) >= 11 is 6.92. The molecule has 0 bridgehead atoms. The van der Waals surface area contributed by atoms with Gasteiger partial charge in [0.2, 0.25) is 11.8 Å². The fraction of sp³-hybridized carbons (Fsp3) is 0.400. The Labute approximate surface area is 149 Å². The summed E-state index contributed by atoms with van der Waals surface area (Å²) in [4.78, 5) is 12.3. The largest absolute Gasteiger partial charge is 0.419 e. The van der Waals surface area contributed by atoms with Crippen molar-refractivity contribution in [1.29, 1.82) is 0 Å². The highest BCUT2D eigenvalue weighted by Gasteiger charge is 2.19. The van der Waals surface area contributed by atoms with Gasteiger partial charge < -0.3 is 9.32 Å². The molecule has 1 aromatic heterocycles. The minimum absolute atomic E-state index is 0.0204. The molecule has 1 heterocycles. The summed E-state index contributed by atoms with van der Waals surface area (Å²) in [7, 11) is 0. The summed E-state index contributed by atoms with van der Waals surface area (Å²) in [5.74, 6) is 0.809. The zero-order chi connectivity index (χ0) is 17.7. The molecule has 2 rings (SSSR count). The van der Waals surface area contributed by atoms with Crippen molar-refractivity contribution < 1.29 is 9.34 Å². The highest BCUT2D eigenvalue weighted by molar-refractivity contribution is 8.23. The van der Waals surface area contributed by atoms with Gasteiger partial charge in [0.15, 0.2) is 0 Å². The molecule has 0 saturated heterocycles. The third-order valence-electron chi connectivity index (χ3n) is 3.41. The van der Waals surface area contributed by atoms with Gasteiger partial charge >= 0.3 is 0 Å². The van der Waals surface area contributed by atoms with Gasteiger partial charge in [-0.25, -0.2) is 0 Å². The molecule has 0 aliphatic rings. The van der Waals surface area contributed by atoms with Crippen molar-refractivity contribution in [3.8, 4) is 11.5 Å². The second-order valence-electron chi connectivity index (χ2n) is 4.95. The first-order chi connectivity index (χ1) is 11.5. The molecule has 9 heteroatoms. The second-order valence-corrected chi connectivity index (χ2v) is 6.92. The van der Waals surface area contributed by atoms with Crippen molar-refractivity contribution in [1.82, 2.24) is 15.1 Å². The first kappa shape index (κ1) is 18.3. The molecule has 7 nitrogen and oxygen atoms in total. The van der Waals surface area contributed by atoms with Crippen LogP contribution >= 0.6 is 24.0 Å². The lowest BCUT2D eigenvalue weighted by Gasteiger charge is -2.22. The summed E-state index contributed by atoms with van der Waals surface area (Å²) in [5, 5.41) is 18.7. The van der Waals surface area contributed by atoms with E-state index in [0.717, 1.165) is 17.4 Å². The van der Waals surface area contributed by atoms with E-state index in [4.69, 9.17) is 16.6 Å². The fourth-order valence-electron chi connectivity index (χ4n) is 2.00. The van der Waals surface area contributed by atoms with E-state index >= 15 is 0 Å². The van der Waals surface area contributed by atoms with Crippen LogP contribution in [-0.4, -0.2) is 37.4 Å². The van der Waals surface area contributed by atoms with Crippen LogP contribution in [0.3, 0.4) is 0 Å². The number of hydrogen-bond donors (Lipinski definition) is 0. The van der Waals surface area contributed by atoms with Crippen LogP contribution in [0.2, 0.25) is 0 Å². The molecular formula is C15H18N4O3S2. The summed E-state index contributed by atoms with van der Waals surface area (Å²) in [6.45, 7) is 7.77. The zero-order valence-electron chi connectivity index (χ0n) is 13.6. The Balaban J connectivity index is 2.09. The van der Waals surface area contributed by atoms with Crippen molar-refractivity contribution in [2.75, 3.05) is 13.1 Å². The number of hydrogen-bond acceptors (Lipinski definition) is 7. The highest BCUT2D eigenvalue weighted by atomic mass is 32.2. The Bertz CT molecular complexity index is 714. The third kappa shape index (κ3) is 4.30. The maximum absolute atomic E-state index is 10.7. The normalized spacial score (nSPS) is 12.0. The van der Waals surface area contributed by atoms with Gasteiger partial charge in [0.25, 0.3) is 5.69 Å². The first-order valence-corrected chi connectivity index (χ1v) is 8.78. The Hall–Kier alpha value is -2.00. The molecule has 0 spiro atoms. The number of nitro groups is 1. The Kier molecular flexibility index (Phi) is 6.27. The molecule has 24 heavy (non-hydrogen) atoms. The predicted molar refractivity (Wildman–Crippen MR) is 97.9 cm³/mol. The van der Waals surface area contributed by atoms with E-state index in [-0.39, 0.29) is 10.9 Å². The van der Waals surface area contributed by atoms with Crippen molar-refractivity contribution >= 4 is 34.0 Å². The van der Waals surface area contributed by atoms with Crippen LogP contribution in [0.5, 0.6) is 0 Å². The summed E-state index contributed by atoms with van der Waals surface area (Å²) < 4.78 is 6.48. The van der Waals surface area contributed by atoms with E-state index in [9.17, 15) is 10.1 Å². The van der Waals surface area contributed by atoms with E-state index in [1.54, 1.807) is 12.1 Å². The van der Waals surface area contributed by atoms with Gasteiger partial charge in [0.05, 0.1) is 10.2 Å².